The lowest BCUT2D eigenvalue weighted by molar-refractivity contribution is -0.874. The fraction of sp³-hybridized carbons (Fsp3) is 1.00. The van der Waals surface area contributed by atoms with Crippen molar-refractivity contribution in [1.29, 1.82) is 0 Å². The molecule has 0 saturated carbocycles. The molecule has 1 aliphatic rings. The van der Waals surface area contributed by atoms with Crippen LogP contribution in [0.25, 0.3) is 0 Å². The van der Waals surface area contributed by atoms with E-state index in [1.807, 2.05) is 6.92 Å². The van der Waals surface area contributed by atoms with E-state index >= 15 is 0 Å². The van der Waals surface area contributed by atoms with Crippen molar-refractivity contribution in [1.82, 2.24) is 0 Å². The van der Waals surface area contributed by atoms with Gasteiger partial charge >= 0.3 is 0 Å². The van der Waals surface area contributed by atoms with Crippen LogP contribution in [0.15, 0.2) is 0 Å². The smallest absolute Gasteiger partial charge is 0.130 e. The van der Waals surface area contributed by atoms with E-state index in [2.05, 4.69) is 21.1 Å². The van der Waals surface area contributed by atoms with Crippen LogP contribution in [0.1, 0.15) is 6.92 Å². The summed E-state index contributed by atoms with van der Waals surface area (Å²) in [6.07, 6.45) is 0.551. The first-order chi connectivity index (χ1) is 5.47. The van der Waals surface area contributed by atoms with Crippen molar-refractivity contribution in [3.8, 4) is 0 Å². The number of likely N-dealkylation sites (N-methyl/N-ethyl adjacent to an activating group) is 1. The van der Waals surface area contributed by atoms with Gasteiger partial charge < -0.3 is 37.9 Å². The first kappa shape index (κ1) is 13.6. The van der Waals surface area contributed by atoms with Gasteiger partial charge in [-0.2, -0.15) is 0 Å². The summed E-state index contributed by atoms with van der Waals surface area (Å²) in [4.78, 5) is 0. The maximum Gasteiger partial charge on any atom is 0.130 e. The fourth-order valence-corrected chi connectivity index (χ4v) is 1.36. The van der Waals surface area contributed by atoms with E-state index in [9.17, 15) is 0 Å². The Hall–Kier alpha value is 0.610. The Kier molecular flexibility index (Phi) is 5.74. The predicted molar refractivity (Wildman–Crippen MR) is 48.1 cm³/mol. The molecule has 0 spiro atoms. The molecule has 0 radical (unpaired) electrons. The summed E-state index contributed by atoms with van der Waals surface area (Å²) >= 11 is 0. The van der Waals surface area contributed by atoms with Gasteiger partial charge in [0.05, 0.1) is 40.5 Å². The third-order valence-corrected chi connectivity index (χ3v) is 1.88. The van der Waals surface area contributed by atoms with Crippen LogP contribution in [0.5, 0.6) is 0 Å². The van der Waals surface area contributed by atoms with Crippen LogP contribution in [-0.2, 0) is 9.47 Å². The van der Waals surface area contributed by atoms with Crippen LogP contribution in [0, 0.1) is 0 Å². The molecule has 1 rings (SSSR count). The van der Waals surface area contributed by atoms with E-state index < -0.39 is 0 Å². The van der Waals surface area contributed by atoms with E-state index in [0.717, 1.165) is 24.2 Å². The molecule has 80 valence electrons. The number of nitrogens with zero attached hydrogens (tertiary/aromatic N) is 1. The molecule has 0 N–H and O–H groups in total. The Labute approximate surface area is 98.0 Å². The second kappa shape index (κ2) is 5.48. The highest BCUT2D eigenvalue weighted by atomic mass is 127. The molecule has 1 aliphatic heterocycles. The van der Waals surface area contributed by atoms with Crippen molar-refractivity contribution in [2.24, 2.45) is 0 Å². The lowest BCUT2D eigenvalue weighted by Crippen LogP contribution is -3.00. The van der Waals surface area contributed by atoms with Gasteiger partial charge in [-0.1, -0.05) is 0 Å². The van der Waals surface area contributed by atoms with E-state index in [1.165, 1.54) is 0 Å². The maximum atomic E-state index is 5.63. The SMILES string of the molecule is CC1COC(C[N+](C)(C)C)CO1.[I-]. The minimum atomic E-state index is 0. The topological polar surface area (TPSA) is 18.5 Å². The molecule has 3 nitrogen and oxygen atoms in total. The molecule has 4 heteroatoms. The number of hydrogen-bond acceptors (Lipinski definition) is 2. The Morgan fingerprint density at radius 1 is 1.15 bits per heavy atom. The zero-order valence-corrected chi connectivity index (χ0v) is 11.1. The van der Waals surface area contributed by atoms with E-state index in [0.29, 0.717) is 0 Å². The highest BCUT2D eigenvalue weighted by Gasteiger charge is 2.24. The summed E-state index contributed by atoms with van der Waals surface area (Å²) < 4.78 is 12.1. The monoisotopic (exact) mass is 301 g/mol. The van der Waals surface area contributed by atoms with E-state index in [-0.39, 0.29) is 36.2 Å². The first-order valence-corrected chi connectivity index (χ1v) is 4.51. The fourth-order valence-electron chi connectivity index (χ4n) is 1.36. The second-order valence-corrected chi connectivity index (χ2v) is 4.57. The zero-order valence-electron chi connectivity index (χ0n) is 8.92. The summed E-state index contributed by atoms with van der Waals surface area (Å²) in [5.41, 5.74) is 0. The summed E-state index contributed by atoms with van der Waals surface area (Å²) in [6.45, 7) is 4.55. The second-order valence-electron chi connectivity index (χ2n) is 4.57. The van der Waals surface area contributed by atoms with Gasteiger partial charge in [0.1, 0.15) is 12.6 Å². The van der Waals surface area contributed by atoms with Gasteiger partial charge in [-0.15, -0.1) is 0 Å². The Morgan fingerprint density at radius 2 is 1.77 bits per heavy atom. The summed E-state index contributed by atoms with van der Waals surface area (Å²) in [5, 5.41) is 0. The molecule has 13 heavy (non-hydrogen) atoms. The van der Waals surface area contributed by atoms with Gasteiger partial charge in [0.2, 0.25) is 0 Å². The summed E-state index contributed by atoms with van der Waals surface area (Å²) in [7, 11) is 6.50. The van der Waals surface area contributed by atoms with Crippen LogP contribution >= 0.6 is 0 Å². The van der Waals surface area contributed by atoms with Crippen molar-refractivity contribution in [2.75, 3.05) is 40.9 Å². The molecular formula is C9H20INO2. The van der Waals surface area contributed by atoms with Crippen molar-refractivity contribution < 1.29 is 37.9 Å². The van der Waals surface area contributed by atoms with Gasteiger partial charge in [0, 0.05) is 0 Å². The van der Waals surface area contributed by atoms with Gasteiger partial charge in [-0.05, 0) is 6.92 Å². The number of ether oxygens (including phenoxy) is 2. The minimum absolute atomic E-state index is 0. The number of quaternary nitrogens is 1. The molecule has 0 bridgehead atoms. The molecule has 0 aliphatic carbocycles. The van der Waals surface area contributed by atoms with Gasteiger partial charge in [-0.3, -0.25) is 0 Å². The molecule has 0 aromatic heterocycles. The number of hydrogen-bond donors (Lipinski definition) is 0. The van der Waals surface area contributed by atoms with Crippen molar-refractivity contribution in [3.63, 3.8) is 0 Å². The Bertz CT molecular complexity index is 139. The maximum absolute atomic E-state index is 5.63. The first-order valence-electron chi connectivity index (χ1n) is 4.51. The lowest BCUT2D eigenvalue weighted by atomic mass is 10.3. The van der Waals surface area contributed by atoms with Crippen LogP contribution in [-0.4, -0.2) is 57.6 Å². The summed E-state index contributed by atoms with van der Waals surface area (Å²) in [5.74, 6) is 0. The molecule has 0 amide bonds. The van der Waals surface area contributed by atoms with Gasteiger partial charge in [0.15, 0.2) is 0 Å². The average Bonchev–Trinajstić information content (AvgIpc) is 1.91. The standard InChI is InChI=1S/C9H20NO2.HI/c1-8-6-12-9(7-11-8)5-10(2,3)4;/h8-9H,5-7H2,1-4H3;1H/q+1;/p-1. The number of halogens is 1. The Balaban J connectivity index is 0.00000144. The quantitative estimate of drug-likeness (QED) is 0.415. The predicted octanol–water partition coefficient (Wildman–Crippen LogP) is -2.50. The van der Waals surface area contributed by atoms with Gasteiger partial charge in [0.25, 0.3) is 0 Å². The largest absolute Gasteiger partial charge is 1.00 e. The van der Waals surface area contributed by atoms with Crippen LogP contribution in [0.4, 0.5) is 0 Å². The average molecular weight is 301 g/mol. The van der Waals surface area contributed by atoms with Crippen molar-refractivity contribution in [2.45, 2.75) is 19.1 Å². The molecule has 0 aromatic carbocycles. The molecular weight excluding hydrogens is 281 g/mol. The highest BCUT2D eigenvalue weighted by Crippen LogP contribution is 2.09. The molecule has 2 unspecified atom stereocenters. The summed E-state index contributed by atoms with van der Waals surface area (Å²) in [6, 6.07) is 0. The zero-order chi connectivity index (χ0) is 9.19. The Morgan fingerprint density at radius 3 is 2.15 bits per heavy atom. The van der Waals surface area contributed by atoms with Crippen LogP contribution < -0.4 is 24.0 Å². The van der Waals surface area contributed by atoms with Gasteiger partial charge in [-0.25, -0.2) is 0 Å². The minimum Gasteiger partial charge on any atom is -1.00 e. The van der Waals surface area contributed by atoms with E-state index in [4.69, 9.17) is 9.47 Å². The molecule has 2 atom stereocenters. The third-order valence-electron chi connectivity index (χ3n) is 1.88. The normalized spacial score (nSPS) is 29.5. The highest BCUT2D eigenvalue weighted by molar-refractivity contribution is 4.63. The van der Waals surface area contributed by atoms with Crippen molar-refractivity contribution in [3.05, 3.63) is 0 Å². The van der Waals surface area contributed by atoms with Crippen LogP contribution in [0.3, 0.4) is 0 Å². The number of rotatable bonds is 2. The van der Waals surface area contributed by atoms with Crippen LogP contribution in [0.2, 0.25) is 0 Å². The molecule has 1 heterocycles. The molecule has 0 aromatic rings. The third kappa shape index (κ3) is 5.83. The van der Waals surface area contributed by atoms with E-state index in [1.54, 1.807) is 0 Å². The lowest BCUT2D eigenvalue weighted by Gasteiger charge is -2.33. The molecule has 1 fully saturated rings. The van der Waals surface area contributed by atoms with Crippen molar-refractivity contribution >= 4 is 0 Å². The molecule has 1 saturated heterocycles.